The Balaban J connectivity index is 1.77. The van der Waals surface area contributed by atoms with Crippen LogP contribution in [0.2, 0.25) is 0 Å². The van der Waals surface area contributed by atoms with E-state index in [1.807, 2.05) is 6.92 Å². The van der Waals surface area contributed by atoms with Gasteiger partial charge in [0.1, 0.15) is 0 Å². The minimum Gasteiger partial charge on any atom is -0.349 e. The molecule has 130 valence electrons. The summed E-state index contributed by atoms with van der Waals surface area (Å²) in [6.07, 6.45) is 5.88. The molecule has 2 atom stereocenters. The van der Waals surface area contributed by atoms with Gasteiger partial charge in [0.05, 0.1) is 4.92 Å². The van der Waals surface area contributed by atoms with Crippen molar-refractivity contribution in [2.75, 3.05) is 0 Å². The van der Waals surface area contributed by atoms with Gasteiger partial charge in [0.25, 0.3) is 11.6 Å². The lowest BCUT2D eigenvalue weighted by Crippen LogP contribution is -2.53. The van der Waals surface area contributed by atoms with Gasteiger partial charge in [-0.05, 0) is 50.0 Å². The lowest BCUT2D eigenvalue weighted by molar-refractivity contribution is -0.385. The fraction of sp³-hybridized carbons (Fsp3) is 0.611. The number of nitro groups is 1. The zero-order valence-corrected chi connectivity index (χ0v) is 14.0. The SMILES string of the molecule is CCc1ccc(C(=O)NC2C3CCCC2CC(N)C3)cc1[N+](=O)[O-]. The number of nitro benzene ring substituents is 1. The lowest BCUT2D eigenvalue weighted by Gasteiger charge is -2.45. The third kappa shape index (κ3) is 3.29. The molecule has 6 nitrogen and oxygen atoms in total. The molecule has 1 aromatic carbocycles. The van der Waals surface area contributed by atoms with Gasteiger partial charge in [0, 0.05) is 29.3 Å². The maximum absolute atomic E-state index is 12.6. The molecule has 0 aliphatic heterocycles. The predicted molar refractivity (Wildman–Crippen MR) is 91.8 cm³/mol. The normalized spacial score (nSPS) is 29.1. The van der Waals surface area contributed by atoms with Crippen molar-refractivity contribution in [3.05, 3.63) is 39.4 Å². The van der Waals surface area contributed by atoms with Crippen LogP contribution in [0.25, 0.3) is 0 Å². The van der Waals surface area contributed by atoms with Crippen LogP contribution in [0.15, 0.2) is 18.2 Å². The molecule has 2 aliphatic carbocycles. The van der Waals surface area contributed by atoms with E-state index in [1.54, 1.807) is 12.1 Å². The largest absolute Gasteiger partial charge is 0.349 e. The Kier molecular flexibility index (Phi) is 4.85. The summed E-state index contributed by atoms with van der Waals surface area (Å²) in [7, 11) is 0. The number of hydrogen-bond acceptors (Lipinski definition) is 4. The molecule has 3 N–H and O–H groups in total. The van der Waals surface area contributed by atoms with Gasteiger partial charge in [-0.2, -0.15) is 0 Å². The van der Waals surface area contributed by atoms with Gasteiger partial charge in [-0.25, -0.2) is 0 Å². The van der Waals surface area contributed by atoms with E-state index in [0.717, 1.165) is 25.7 Å². The van der Waals surface area contributed by atoms with Gasteiger partial charge in [0.2, 0.25) is 0 Å². The van der Waals surface area contributed by atoms with Gasteiger partial charge in [-0.1, -0.05) is 19.4 Å². The predicted octanol–water partition coefficient (Wildman–Crippen LogP) is 2.79. The fourth-order valence-corrected chi connectivity index (χ4v) is 4.43. The molecule has 6 heteroatoms. The zero-order chi connectivity index (χ0) is 17.3. The molecule has 3 rings (SSSR count). The smallest absolute Gasteiger partial charge is 0.273 e. The highest BCUT2D eigenvalue weighted by molar-refractivity contribution is 5.95. The molecular weight excluding hydrogens is 306 g/mol. The van der Waals surface area contributed by atoms with Crippen LogP contribution in [0.5, 0.6) is 0 Å². The molecule has 0 aromatic heterocycles. The topological polar surface area (TPSA) is 98.3 Å². The van der Waals surface area contributed by atoms with E-state index in [-0.39, 0.29) is 23.7 Å². The first kappa shape index (κ1) is 16.9. The third-order valence-electron chi connectivity index (χ3n) is 5.60. The van der Waals surface area contributed by atoms with Crippen LogP contribution in [-0.4, -0.2) is 22.9 Å². The molecule has 2 bridgehead atoms. The van der Waals surface area contributed by atoms with Crippen LogP contribution in [0.1, 0.15) is 54.9 Å². The first-order chi connectivity index (χ1) is 11.5. The zero-order valence-electron chi connectivity index (χ0n) is 14.0. The highest BCUT2D eigenvalue weighted by atomic mass is 16.6. The molecule has 2 fully saturated rings. The Labute approximate surface area is 142 Å². The summed E-state index contributed by atoms with van der Waals surface area (Å²) in [5.74, 6) is 0.654. The minimum atomic E-state index is -0.413. The number of rotatable bonds is 4. The Morgan fingerprint density at radius 1 is 1.33 bits per heavy atom. The van der Waals surface area contributed by atoms with Gasteiger partial charge in [0.15, 0.2) is 0 Å². The van der Waals surface area contributed by atoms with Crippen LogP contribution in [0.4, 0.5) is 5.69 Å². The Hall–Kier alpha value is -1.95. The number of aryl methyl sites for hydroxylation is 1. The number of nitrogens with zero attached hydrogens (tertiary/aromatic N) is 1. The van der Waals surface area contributed by atoms with E-state index in [0.29, 0.717) is 29.4 Å². The Morgan fingerprint density at radius 2 is 2.00 bits per heavy atom. The minimum absolute atomic E-state index is 0.0241. The third-order valence-corrected chi connectivity index (χ3v) is 5.60. The number of hydrogen-bond donors (Lipinski definition) is 2. The summed E-state index contributed by atoms with van der Waals surface area (Å²) in [6, 6.07) is 5.16. The van der Waals surface area contributed by atoms with E-state index in [2.05, 4.69) is 5.32 Å². The molecule has 2 saturated carbocycles. The summed E-state index contributed by atoms with van der Waals surface area (Å²) >= 11 is 0. The van der Waals surface area contributed by atoms with Crippen molar-refractivity contribution in [2.24, 2.45) is 17.6 Å². The van der Waals surface area contributed by atoms with Gasteiger partial charge in [-0.15, -0.1) is 0 Å². The molecule has 0 spiro atoms. The van der Waals surface area contributed by atoms with Crippen molar-refractivity contribution >= 4 is 11.6 Å². The molecule has 0 saturated heterocycles. The average molecular weight is 331 g/mol. The van der Waals surface area contributed by atoms with Gasteiger partial charge >= 0.3 is 0 Å². The highest BCUT2D eigenvalue weighted by Gasteiger charge is 2.40. The molecule has 24 heavy (non-hydrogen) atoms. The summed E-state index contributed by atoms with van der Waals surface area (Å²) in [4.78, 5) is 23.4. The number of amides is 1. The summed E-state index contributed by atoms with van der Waals surface area (Å²) in [6.45, 7) is 1.87. The van der Waals surface area contributed by atoms with E-state index >= 15 is 0 Å². The van der Waals surface area contributed by atoms with Crippen LogP contribution < -0.4 is 11.1 Å². The molecule has 2 unspecified atom stereocenters. The molecule has 0 radical (unpaired) electrons. The van der Waals surface area contributed by atoms with E-state index in [4.69, 9.17) is 5.73 Å². The monoisotopic (exact) mass is 331 g/mol. The van der Waals surface area contributed by atoms with Crippen LogP contribution in [0.3, 0.4) is 0 Å². The maximum atomic E-state index is 12.6. The van der Waals surface area contributed by atoms with Crippen molar-refractivity contribution < 1.29 is 9.72 Å². The number of fused-ring (bicyclic) bond motifs is 2. The lowest BCUT2D eigenvalue weighted by atomic mass is 9.67. The molecular formula is C18H25N3O3. The number of nitrogens with one attached hydrogen (secondary N) is 1. The van der Waals surface area contributed by atoms with Crippen molar-refractivity contribution in [2.45, 2.75) is 57.5 Å². The number of benzene rings is 1. The van der Waals surface area contributed by atoms with Crippen LogP contribution in [-0.2, 0) is 6.42 Å². The second-order valence-electron chi connectivity index (χ2n) is 7.14. The van der Waals surface area contributed by atoms with Gasteiger partial charge < -0.3 is 11.1 Å². The van der Waals surface area contributed by atoms with Crippen LogP contribution >= 0.6 is 0 Å². The molecule has 2 aliphatic rings. The average Bonchev–Trinajstić information content (AvgIpc) is 2.54. The van der Waals surface area contributed by atoms with E-state index < -0.39 is 4.92 Å². The summed E-state index contributed by atoms with van der Waals surface area (Å²) in [5.41, 5.74) is 7.17. The Morgan fingerprint density at radius 3 is 2.58 bits per heavy atom. The molecule has 1 aromatic rings. The summed E-state index contributed by atoms with van der Waals surface area (Å²) < 4.78 is 0. The quantitative estimate of drug-likeness (QED) is 0.654. The second kappa shape index (κ2) is 6.89. The highest BCUT2D eigenvalue weighted by Crippen LogP contribution is 2.39. The number of nitrogens with two attached hydrogens (primary N) is 1. The number of carbonyl (C=O) groups excluding carboxylic acids is 1. The summed E-state index contributed by atoms with van der Waals surface area (Å²) in [5, 5.41) is 14.3. The van der Waals surface area contributed by atoms with Gasteiger partial charge in [-0.3, -0.25) is 14.9 Å². The molecule has 0 heterocycles. The fourth-order valence-electron chi connectivity index (χ4n) is 4.43. The number of carbonyl (C=O) groups is 1. The van der Waals surface area contributed by atoms with E-state index in [9.17, 15) is 14.9 Å². The Bertz CT molecular complexity index is 632. The first-order valence-corrected chi connectivity index (χ1v) is 8.83. The maximum Gasteiger partial charge on any atom is 0.273 e. The van der Waals surface area contributed by atoms with Crippen molar-refractivity contribution in [3.63, 3.8) is 0 Å². The van der Waals surface area contributed by atoms with Crippen LogP contribution in [0, 0.1) is 22.0 Å². The second-order valence-corrected chi connectivity index (χ2v) is 7.14. The van der Waals surface area contributed by atoms with Crippen molar-refractivity contribution in [1.82, 2.24) is 5.32 Å². The first-order valence-electron chi connectivity index (χ1n) is 8.83. The standard InChI is InChI=1S/C18H25N3O3/c1-2-11-6-7-14(10-16(11)21(23)24)18(22)20-17-12-4-3-5-13(17)9-15(19)8-12/h6-7,10,12-13,15,17H,2-5,8-9,19H2,1H3,(H,20,22). The van der Waals surface area contributed by atoms with E-state index in [1.165, 1.54) is 12.5 Å². The van der Waals surface area contributed by atoms with Crippen molar-refractivity contribution in [3.8, 4) is 0 Å². The molecule has 1 amide bonds. The van der Waals surface area contributed by atoms with Crippen molar-refractivity contribution in [1.29, 1.82) is 0 Å².